The van der Waals surface area contributed by atoms with Gasteiger partial charge in [0.2, 0.25) is 5.89 Å². The van der Waals surface area contributed by atoms with Crippen molar-refractivity contribution in [2.75, 3.05) is 13.6 Å². The van der Waals surface area contributed by atoms with E-state index in [0.29, 0.717) is 11.7 Å². The third-order valence-electron chi connectivity index (χ3n) is 2.77. The van der Waals surface area contributed by atoms with Crippen molar-refractivity contribution < 1.29 is 9.52 Å². The Labute approximate surface area is 83.5 Å². The zero-order valence-corrected chi connectivity index (χ0v) is 8.60. The number of aliphatic hydroxyl groups excluding tert-OH is 1. The summed E-state index contributed by atoms with van der Waals surface area (Å²) >= 11 is 0. The number of hydrogen-bond donors (Lipinski definition) is 1. The summed E-state index contributed by atoms with van der Waals surface area (Å²) in [4.78, 5) is 6.52. The maximum Gasteiger partial charge on any atom is 0.211 e. The fourth-order valence-electron chi connectivity index (χ4n) is 1.87. The Balaban J connectivity index is 2.16. The monoisotopic (exact) mass is 196 g/mol. The minimum atomic E-state index is -0.542. The molecule has 0 aliphatic carbocycles. The van der Waals surface area contributed by atoms with Gasteiger partial charge in [-0.1, -0.05) is 0 Å². The van der Waals surface area contributed by atoms with Crippen LogP contribution in [0.4, 0.5) is 0 Å². The van der Waals surface area contributed by atoms with Crippen molar-refractivity contribution >= 4 is 0 Å². The summed E-state index contributed by atoms with van der Waals surface area (Å²) in [5.74, 6) is 0.737. The Hall–Kier alpha value is -0.870. The van der Waals surface area contributed by atoms with E-state index >= 15 is 0 Å². The number of likely N-dealkylation sites (tertiary alicyclic amines) is 1. The Bertz CT molecular complexity index is 309. The van der Waals surface area contributed by atoms with Gasteiger partial charge in [0.05, 0.1) is 12.1 Å². The molecule has 0 bridgehead atoms. The van der Waals surface area contributed by atoms with E-state index in [0.717, 1.165) is 18.9 Å². The molecule has 1 aliphatic heterocycles. The average Bonchev–Trinajstić information content (AvgIpc) is 2.71. The van der Waals surface area contributed by atoms with Gasteiger partial charge < -0.3 is 9.52 Å². The van der Waals surface area contributed by atoms with Crippen molar-refractivity contribution in [3.63, 3.8) is 0 Å². The van der Waals surface area contributed by atoms with Crippen molar-refractivity contribution in [1.29, 1.82) is 0 Å². The van der Waals surface area contributed by atoms with Crippen LogP contribution in [0.25, 0.3) is 0 Å². The lowest BCUT2D eigenvalue weighted by Gasteiger charge is -2.15. The maximum atomic E-state index is 9.31. The predicted octanol–water partition coefficient (Wildman–Crippen LogP) is 1.49. The topological polar surface area (TPSA) is 49.5 Å². The quantitative estimate of drug-likeness (QED) is 0.778. The molecule has 2 unspecified atom stereocenters. The van der Waals surface area contributed by atoms with Crippen LogP contribution in [0.3, 0.4) is 0 Å². The van der Waals surface area contributed by atoms with Crippen LogP contribution in [0.15, 0.2) is 10.7 Å². The summed E-state index contributed by atoms with van der Waals surface area (Å²) < 4.78 is 5.37. The predicted molar refractivity (Wildman–Crippen MR) is 51.7 cm³/mol. The van der Waals surface area contributed by atoms with Crippen LogP contribution in [0.5, 0.6) is 0 Å². The van der Waals surface area contributed by atoms with Crippen molar-refractivity contribution in [3.8, 4) is 0 Å². The molecule has 4 heteroatoms. The normalized spacial score (nSPS) is 25.5. The van der Waals surface area contributed by atoms with Gasteiger partial charge in [0.25, 0.3) is 0 Å². The number of aromatic nitrogens is 1. The maximum absolute atomic E-state index is 9.31. The molecular weight excluding hydrogens is 180 g/mol. The van der Waals surface area contributed by atoms with Crippen LogP contribution in [-0.4, -0.2) is 28.6 Å². The third kappa shape index (κ3) is 1.67. The molecule has 2 rings (SSSR count). The van der Waals surface area contributed by atoms with E-state index in [1.807, 2.05) is 0 Å². The highest BCUT2D eigenvalue weighted by molar-refractivity contribution is 5.03. The standard InChI is InChI=1S/C10H16N2O2/c1-7(13)8-6-14-10(11-8)9-4-3-5-12(9)2/h6-7,9,13H,3-5H2,1-2H3. The van der Waals surface area contributed by atoms with E-state index < -0.39 is 6.10 Å². The highest BCUT2D eigenvalue weighted by Crippen LogP contribution is 2.30. The number of hydrogen-bond acceptors (Lipinski definition) is 4. The summed E-state index contributed by atoms with van der Waals surface area (Å²) in [5.41, 5.74) is 0.625. The second-order valence-corrected chi connectivity index (χ2v) is 3.93. The molecule has 0 radical (unpaired) electrons. The van der Waals surface area contributed by atoms with Crippen molar-refractivity contribution in [1.82, 2.24) is 9.88 Å². The Kier molecular flexibility index (Phi) is 2.56. The molecule has 2 heterocycles. The summed E-state index contributed by atoms with van der Waals surface area (Å²) in [6.07, 6.45) is 3.29. The molecule has 0 saturated carbocycles. The van der Waals surface area contributed by atoms with Crippen LogP contribution in [0.1, 0.15) is 43.5 Å². The molecular formula is C10H16N2O2. The molecule has 1 fully saturated rings. The summed E-state index contributed by atoms with van der Waals surface area (Å²) in [6.45, 7) is 2.79. The molecule has 78 valence electrons. The molecule has 14 heavy (non-hydrogen) atoms. The molecule has 1 aromatic heterocycles. The van der Waals surface area contributed by atoms with E-state index in [4.69, 9.17) is 4.42 Å². The van der Waals surface area contributed by atoms with E-state index in [1.54, 1.807) is 13.2 Å². The fourth-order valence-corrected chi connectivity index (χ4v) is 1.87. The number of rotatable bonds is 2. The Morgan fingerprint density at radius 1 is 1.71 bits per heavy atom. The zero-order valence-electron chi connectivity index (χ0n) is 8.60. The molecule has 0 amide bonds. The van der Waals surface area contributed by atoms with Crippen molar-refractivity contribution in [2.45, 2.75) is 31.9 Å². The molecule has 0 aromatic carbocycles. The van der Waals surface area contributed by atoms with Gasteiger partial charge in [0.1, 0.15) is 12.0 Å². The first-order valence-corrected chi connectivity index (χ1v) is 5.02. The second kappa shape index (κ2) is 3.71. The van der Waals surface area contributed by atoms with Crippen molar-refractivity contribution in [3.05, 3.63) is 17.8 Å². The molecule has 4 nitrogen and oxygen atoms in total. The largest absolute Gasteiger partial charge is 0.447 e. The average molecular weight is 196 g/mol. The van der Waals surface area contributed by atoms with Crippen LogP contribution in [-0.2, 0) is 0 Å². The summed E-state index contributed by atoms with van der Waals surface area (Å²) in [6, 6.07) is 0.294. The lowest BCUT2D eigenvalue weighted by atomic mass is 10.2. The third-order valence-corrected chi connectivity index (χ3v) is 2.77. The second-order valence-electron chi connectivity index (χ2n) is 3.93. The van der Waals surface area contributed by atoms with Crippen LogP contribution in [0.2, 0.25) is 0 Å². The number of nitrogens with zero attached hydrogens (tertiary/aromatic N) is 2. The van der Waals surface area contributed by atoms with Crippen LogP contribution in [0, 0.1) is 0 Å². The van der Waals surface area contributed by atoms with Crippen LogP contribution < -0.4 is 0 Å². The SMILES string of the molecule is CC(O)c1coc(C2CCCN2C)n1. The summed E-state index contributed by atoms with van der Waals surface area (Å²) in [5, 5.41) is 9.31. The molecule has 1 N–H and O–H groups in total. The van der Waals surface area contributed by atoms with Gasteiger partial charge in [0.15, 0.2) is 0 Å². The molecule has 2 atom stereocenters. The van der Waals surface area contributed by atoms with E-state index in [1.165, 1.54) is 6.42 Å². The minimum Gasteiger partial charge on any atom is -0.447 e. The van der Waals surface area contributed by atoms with Gasteiger partial charge in [-0.3, -0.25) is 4.90 Å². The first-order chi connectivity index (χ1) is 6.68. The summed E-state index contributed by atoms with van der Waals surface area (Å²) in [7, 11) is 2.07. The Morgan fingerprint density at radius 2 is 2.50 bits per heavy atom. The first kappa shape index (κ1) is 9.68. The van der Waals surface area contributed by atoms with Gasteiger partial charge in [-0.25, -0.2) is 4.98 Å². The van der Waals surface area contributed by atoms with Gasteiger partial charge in [-0.15, -0.1) is 0 Å². The van der Waals surface area contributed by atoms with Gasteiger partial charge in [-0.2, -0.15) is 0 Å². The molecule has 1 aromatic rings. The molecule has 1 aliphatic rings. The molecule has 1 saturated heterocycles. The van der Waals surface area contributed by atoms with Gasteiger partial charge in [0, 0.05) is 0 Å². The van der Waals surface area contributed by atoms with Crippen molar-refractivity contribution in [2.24, 2.45) is 0 Å². The van der Waals surface area contributed by atoms with Gasteiger partial charge in [-0.05, 0) is 33.4 Å². The molecule has 0 spiro atoms. The van der Waals surface area contributed by atoms with E-state index in [9.17, 15) is 5.11 Å². The van der Waals surface area contributed by atoms with E-state index in [2.05, 4.69) is 16.9 Å². The lowest BCUT2D eigenvalue weighted by molar-refractivity contribution is 0.194. The smallest absolute Gasteiger partial charge is 0.211 e. The number of aliphatic hydroxyl groups is 1. The minimum absolute atomic E-state index is 0.294. The Morgan fingerprint density at radius 3 is 3.00 bits per heavy atom. The highest BCUT2D eigenvalue weighted by atomic mass is 16.3. The van der Waals surface area contributed by atoms with E-state index in [-0.39, 0.29) is 0 Å². The first-order valence-electron chi connectivity index (χ1n) is 5.02. The zero-order chi connectivity index (χ0) is 10.1. The highest BCUT2D eigenvalue weighted by Gasteiger charge is 2.27. The number of oxazole rings is 1. The van der Waals surface area contributed by atoms with Gasteiger partial charge >= 0.3 is 0 Å². The lowest BCUT2D eigenvalue weighted by Crippen LogP contribution is -2.17. The van der Waals surface area contributed by atoms with Crippen LogP contribution >= 0.6 is 0 Å². The fraction of sp³-hybridized carbons (Fsp3) is 0.700.